The predicted octanol–water partition coefficient (Wildman–Crippen LogP) is 2.39. The third kappa shape index (κ3) is 3.97. The van der Waals surface area contributed by atoms with Crippen molar-refractivity contribution in [3.8, 4) is 0 Å². The molecule has 2 fully saturated rings. The Bertz CT molecular complexity index is 1240. The largest absolute Gasteiger partial charge is 0.411 e. The Morgan fingerprint density at radius 1 is 1.26 bits per heavy atom. The van der Waals surface area contributed by atoms with Crippen molar-refractivity contribution >= 4 is 47.1 Å². The number of nitrogens with zero attached hydrogens (tertiary/aromatic N) is 7. The van der Waals surface area contributed by atoms with Crippen LogP contribution in [0.5, 0.6) is 0 Å². The second-order valence-corrected chi connectivity index (χ2v) is 9.57. The molecule has 0 bridgehead atoms. The smallest absolute Gasteiger partial charge is 0.183 e. The Hall–Kier alpha value is -3.02. The number of nitrogens with two attached hydrogens (primary N) is 1. The highest BCUT2D eigenvalue weighted by atomic mass is 35.5. The van der Waals surface area contributed by atoms with E-state index in [4.69, 9.17) is 25.6 Å². The van der Waals surface area contributed by atoms with Crippen LogP contribution in [0.25, 0.3) is 11.2 Å². The minimum absolute atomic E-state index is 0. The van der Waals surface area contributed by atoms with E-state index in [1.165, 1.54) is 6.21 Å². The minimum Gasteiger partial charge on any atom is -0.411 e. The maximum atomic E-state index is 8.81. The number of rotatable bonds is 3. The molecule has 6 heterocycles. The first kappa shape index (κ1) is 23.7. The van der Waals surface area contributed by atoms with Gasteiger partial charge < -0.3 is 25.5 Å². The molecule has 4 N–H and O–H groups in total. The Kier molecular flexibility index (Phi) is 6.24. The summed E-state index contributed by atoms with van der Waals surface area (Å²) in [5, 5.41) is 19.5. The number of H-pyrrole nitrogens is 1. The highest BCUT2D eigenvalue weighted by molar-refractivity contribution is 5.88. The van der Waals surface area contributed by atoms with Crippen LogP contribution in [-0.2, 0) is 11.2 Å². The average Bonchev–Trinajstić information content (AvgIpc) is 3.41. The van der Waals surface area contributed by atoms with Crippen molar-refractivity contribution in [2.75, 3.05) is 36.0 Å². The number of pyridine rings is 1. The lowest BCUT2D eigenvalue weighted by atomic mass is 9.73. The molecule has 0 saturated carbocycles. The van der Waals surface area contributed by atoms with E-state index in [-0.39, 0.29) is 30.0 Å². The third-order valence-electron chi connectivity index (χ3n) is 7.67. The molecule has 3 aromatic heterocycles. The molecular formula is C23H30ClN9O2. The molecular weight excluding hydrogens is 470 g/mol. The zero-order valence-electron chi connectivity index (χ0n) is 19.6. The first-order valence-corrected chi connectivity index (χ1v) is 11.9. The Labute approximate surface area is 209 Å². The summed E-state index contributed by atoms with van der Waals surface area (Å²) in [5.74, 6) is 1.60. The molecule has 0 aromatic carbocycles. The maximum Gasteiger partial charge on any atom is 0.183 e. The summed E-state index contributed by atoms with van der Waals surface area (Å²) in [6, 6.07) is 3.91. The maximum absolute atomic E-state index is 8.81. The topological polar surface area (TPSA) is 142 Å². The van der Waals surface area contributed by atoms with E-state index in [9.17, 15) is 0 Å². The minimum atomic E-state index is 0. The number of halogens is 1. The number of hydrogen-bond acceptors (Lipinski definition) is 10. The summed E-state index contributed by atoms with van der Waals surface area (Å²) in [5.41, 5.74) is 10.5. The fourth-order valence-electron chi connectivity index (χ4n) is 5.59. The quantitative estimate of drug-likeness (QED) is 0.281. The Balaban J connectivity index is 0.00000253. The van der Waals surface area contributed by atoms with Gasteiger partial charge in [0.25, 0.3) is 0 Å². The van der Waals surface area contributed by atoms with Crippen LogP contribution in [0.15, 0.2) is 23.5 Å². The molecule has 2 saturated heterocycles. The number of oxime groups is 1. The van der Waals surface area contributed by atoms with Gasteiger partial charge in [-0.05, 0) is 44.7 Å². The lowest BCUT2D eigenvalue weighted by molar-refractivity contribution is 0.0974. The first-order valence-electron chi connectivity index (χ1n) is 11.9. The standard InChI is InChI=1S/C23H29N9O2.ClH/c1-14-20(24)23(13-34-14)6-9-31(10-7-23)18-12-25-19-21(28-18)29-30-22(19)32-8-2-3-16-17(32)5-4-15(27-16)11-26-33;/h4-5,11-12,14,20,33H,2-3,6-10,13,24H2,1H3,(H,28,29,30);1H/b26-11-;/t14-,20+;/m0./s1. The van der Waals surface area contributed by atoms with Crippen LogP contribution >= 0.6 is 12.4 Å². The molecule has 0 amide bonds. The molecule has 186 valence electrons. The molecule has 0 aliphatic carbocycles. The molecule has 6 rings (SSSR count). The van der Waals surface area contributed by atoms with E-state index in [1.54, 1.807) is 0 Å². The van der Waals surface area contributed by atoms with Gasteiger partial charge in [0.1, 0.15) is 5.82 Å². The zero-order chi connectivity index (χ0) is 23.3. The number of anilines is 3. The van der Waals surface area contributed by atoms with E-state index >= 15 is 0 Å². The molecule has 3 aliphatic rings. The molecule has 11 nitrogen and oxygen atoms in total. The van der Waals surface area contributed by atoms with E-state index in [2.05, 4.69) is 37.1 Å². The van der Waals surface area contributed by atoms with Crippen LogP contribution in [-0.4, -0.2) is 75.0 Å². The van der Waals surface area contributed by atoms with Gasteiger partial charge in [-0.2, -0.15) is 5.10 Å². The van der Waals surface area contributed by atoms with Crippen LogP contribution in [0.2, 0.25) is 0 Å². The normalized spacial score (nSPS) is 23.7. The number of nitrogens with one attached hydrogen (secondary N) is 1. The number of ether oxygens (including phenoxy) is 1. The summed E-state index contributed by atoms with van der Waals surface area (Å²) >= 11 is 0. The van der Waals surface area contributed by atoms with Crippen LogP contribution in [0.3, 0.4) is 0 Å². The van der Waals surface area contributed by atoms with E-state index in [0.717, 1.165) is 80.5 Å². The summed E-state index contributed by atoms with van der Waals surface area (Å²) in [7, 11) is 0. The average molecular weight is 500 g/mol. The van der Waals surface area contributed by atoms with Gasteiger partial charge in [0.2, 0.25) is 0 Å². The van der Waals surface area contributed by atoms with E-state index in [0.29, 0.717) is 11.3 Å². The zero-order valence-corrected chi connectivity index (χ0v) is 20.4. The highest BCUT2D eigenvalue weighted by Crippen LogP contribution is 2.42. The van der Waals surface area contributed by atoms with Crippen LogP contribution in [0.1, 0.15) is 37.6 Å². The van der Waals surface area contributed by atoms with E-state index in [1.807, 2.05) is 18.3 Å². The summed E-state index contributed by atoms with van der Waals surface area (Å²) in [6.45, 7) is 5.41. The summed E-state index contributed by atoms with van der Waals surface area (Å²) in [6.07, 6.45) is 7.10. The summed E-state index contributed by atoms with van der Waals surface area (Å²) in [4.78, 5) is 18.6. The number of piperidine rings is 1. The van der Waals surface area contributed by atoms with Gasteiger partial charge in [-0.3, -0.25) is 5.10 Å². The fourth-order valence-corrected chi connectivity index (χ4v) is 5.59. The number of aromatic amines is 1. The number of aromatic nitrogens is 5. The van der Waals surface area contributed by atoms with Gasteiger partial charge in [0, 0.05) is 31.1 Å². The monoisotopic (exact) mass is 499 g/mol. The van der Waals surface area contributed by atoms with Crippen LogP contribution in [0.4, 0.5) is 17.3 Å². The molecule has 3 aliphatic heterocycles. The molecule has 0 radical (unpaired) electrons. The fraction of sp³-hybridized carbons (Fsp3) is 0.522. The van der Waals surface area contributed by atoms with E-state index < -0.39 is 0 Å². The van der Waals surface area contributed by atoms with Crippen molar-refractivity contribution in [2.45, 2.75) is 44.8 Å². The summed E-state index contributed by atoms with van der Waals surface area (Å²) < 4.78 is 5.85. The van der Waals surface area contributed by atoms with Gasteiger partial charge in [0.15, 0.2) is 17.0 Å². The molecule has 1 spiro atoms. The van der Waals surface area contributed by atoms with Crippen molar-refractivity contribution in [1.82, 2.24) is 25.1 Å². The van der Waals surface area contributed by atoms with Crippen molar-refractivity contribution in [3.63, 3.8) is 0 Å². The molecule has 0 unspecified atom stereocenters. The molecule has 12 heteroatoms. The first-order chi connectivity index (χ1) is 16.6. The van der Waals surface area contributed by atoms with Crippen LogP contribution in [0, 0.1) is 5.41 Å². The van der Waals surface area contributed by atoms with Gasteiger partial charge >= 0.3 is 0 Å². The Morgan fingerprint density at radius 2 is 2.09 bits per heavy atom. The highest BCUT2D eigenvalue weighted by Gasteiger charge is 2.47. The van der Waals surface area contributed by atoms with Crippen molar-refractivity contribution in [2.24, 2.45) is 16.3 Å². The number of fused-ring (bicyclic) bond motifs is 2. The van der Waals surface area contributed by atoms with Gasteiger partial charge in [-0.15, -0.1) is 12.4 Å². The molecule has 2 atom stereocenters. The predicted molar refractivity (Wildman–Crippen MR) is 135 cm³/mol. The van der Waals surface area contributed by atoms with Crippen molar-refractivity contribution in [3.05, 3.63) is 29.7 Å². The third-order valence-corrected chi connectivity index (χ3v) is 7.67. The number of hydrogen-bond donors (Lipinski definition) is 3. The van der Waals surface area contributed by atoms with Gasteiger partial charge in [-0.25, -0.2) is 15.0 Å². The van der Waals surface area contributed by atoms with Crippen molar-refractivity contribution in [1.29, 1.82) is 0 Å². The number of aryl methyl sites for hydroxylation is 1. The lowest BCUT2D eigenvalue weighted by Crippen LogP contribution is -2.50. The van der Waals surface area contributed by atoms with Gasteiger partial charge in [0.05, 0.1) is 42.2 Å². The molecule has 35 heavy (non-hydrogen) atoms. The second-order valence-electron chi connectivity index (χ2n) is 9.57. The van der Waals surface area contributed by atoms with Gasteiger partial charge in [-0.1, -0.05) is 5.16 Å². The SMILES string of the molecule is C[C@@H]1OCC2(CCN(c3cnc4c(N5CCCc6nc(/C=N\O)ccc65)n[nH]c4n3)CC2)[C@@H]1N.Cl. The second kappa shape index (κ2) is 9.21. The van der Waals surface area contributed by atoms with Crippen LogP contribution < -0.4 is 15.5 Å². The molecule has 3 aromatic rings. The lowest BCUT2D eigenvalue weighted by Gasteiger charge is -2.41. The van der Waals surface area contributed by atoms with Crippen molar-refractivity contribution < 1.29 is 9.94 Å². The Morgan fingerprint density at radius 3 is 2.83 bits per heavy atom.